The first-order chi connectivity index (χ1) is 6.61. The Labute approximate surface area is 85.2 Å². The minimum absolute atomic E-state index is 0.0268. The minimum Gasteiger partial charge on any atom is -0.385 e. The van der Waals surface area contributed by atoms with E-state index in [0.29, 0.717) is 19.4 Å². The number of carbonyl (C=O) groups excluding carboxylic acids is 1. The van der Waals surface area contributed by atoms with Crippen LogP contribution in [0.4, 0.5) is 0 Å². The summed E-state index contributed by atoms with van der Waals surface area (Å²) in [6.45, 7) is 2.33. The third-order valence-electron chi connectivity index (χ3n) is 1.78. The number of amides is 1. The van der Waals surface area contributed by atoms with E-state index in [-0.39, 0.29) is 11.9 Å². The standard InChI is InChI=1S/C10H18N2O2/c1-4-5-8(2)12-10(13)9(11)6-7-14-3/h1,8-9H,5-7,11H2,2-3H3,(H,12,13). The van der Waals surface area contributed by atoms with Crippen LogP contribution in [-0.2, 0) is 9.53 Å². The van der Waals surface area contributed by atoms with Crippen LogP contribution >= 0.6 is 0 Å². The largest absolute Gasteiger partial charge is 0.385 e. The summed E-state index contributed by atoms with van der Waals surface area (Å²) in [5.41, 5.74) is 5.60. The number of rotatable bonds is 6. The molecule has 80 valence electrons. The van der Waals surface area contributed by atoms with Gasteiger partial charge in [0.25, 0.3) is 0 Å². The van der Waals surface area contributed by atoms with Crippen LogP contribution in [0.1, 0.15) is 19.8 Å². The van der Waals surface area contributed by atoms with E-state index in [1.54, 1.807) is 7.11 Å². The van der Waals surface area contributed by atoms with E-state index >= 15 is 0 Å². The van der Waals surface area contributed by atoms with Crippen molar-refractivity contribution in [1.82, 2.24) is 5.32 Å². The van der Waals surface area contributed by atoms with Gasteiger partial charge in [-0.15, -0.1) is 12.3 Å². The molecule has 0 aromatic heterocycles. The molecule has 0 saturated heterocycles. The van der Waals surface area contributed by atoms with E-state index in [9.17, 15) is 4.79 Å². The van der Waals surface area contributed by atoms with E-state index in [4.69, 9.17) is 16.9 Å². The van der Waals surface area contributed by atoms with Crippen LogP contribution in [0, 0.1) is 12.3 Å². The first-order valence-corrected chi connectivity index (χ1v) is 4.60. The molecule has 4 heteroatoms. The van der Waals surface area contributed by atoms with Gasteiger partial charge in [0.15, 0.2) is 0 Å². The van der Waals surface area contributed by atoms with E-state index in [0.717, 1.165) is 0 Å². The van der Waals surface area contributed by atoms with Gasteiger partial charge in [-0.3, -0.25) is 4.79 Å². The van der Waals surface area contributed by atoms with Gasteiger partial charge < -0.3 is 15.8 Å². The summed E-state index contributed by atoms with van der Waals surface area (Å²) in [5.74, 6) is 2.30. The van der Waals surface area contributed by atoms with Crippen molar-refractivity contribution >= 4 is 5.91 Å². The molecule has 0 bridgehead atoms. The van der Waals surface area contributed by atoms with Gasteiger partial charge >= 0.3 is 0 Å². The fourth-order valence-electron chi connectivity index (χ4n) is 0.954. The molecule has 0 aromatic carbocycles. The molecule has 0 aliphatic carbocycles. The molecule has 2 unspecified atom stereocenters. The van der Waals surface area contributed by atoms with Crippen LogP contribution in [-0.4, -0.2) is 31.7 Å². The molecule has 0 aliphatic heterocycles. The normalized spacial score (nSPS) is 14.1. The molecular formula is C10H18N2O2. The number of hydrogen-bond acceptors (Lipinski definition) is 3. The zero-order chi connectivity index (χ0) is 11.0. The van der Waals surface area contributed by atoms with Gasteiger partial charge in [-0.05, 0) is 13.3 Å². The van der Waals surface area contributed by atoms with Gasteiger partial charge in [-0.2, -0.15) is 0 Å². The molecular weight excluding hydrogens is 180 g/mol. The monoisotopic (exact) mass is 198 g/mol. The summed E-state index contributed by atoms with van der Waals surface area (Å²) in [4.78, 5) is 11.4. The smallest absolute Gasteiger partial charge is 0.237 e. The van der Waals surface area contributed by atoms with Crippen molar-refractivity contribution in [3.63, 3.8) is 0 Å². The summed E-state index contributed by atoms with van der Waals surface area (Å²) < 4.78 is 4.82. The van der Waals surface area contributed by atoms with Crippen molar-refractivity contribution in [3.05, 3.63) is 0 Å². The van der Waals surface area contributed by atoms with Crippen molar-refractivity contribution in [1.29, 1.82) is 0 Å². The fourth-order valence-corrected chi connectivity index (χ4v) is 0.954. The molecule has 2 atom stereocenters. The lowest BCUT2D eigenvalue weighted by molar-refractivity contribution is -0.123. The Bertz CT molecular complexity index is 211. The first kappa shape index (κ1) is 12.9. The molecule has 14 heavy (non-hydrogen) atoms. The van der Waals surface area contributed by atoms with Gasteiger partial charge in [0.2, 0.25) is 5.91 Å². The lowest BCUT2D eigenvalue weighted by Gasteiger charge is -2.15. The average Bonchev–Trinajstić information content (AvgIpc) is 2.14. The number of methoxy groups -OCH3 is 1. The topological polar surface area (TPSA) is 64.4 Å². The molecule has 0 saturated carbocycles. The summed E-state index contributed by atoms with van der Waals surface area (Å²) in [7, 11) is 1.57. The van der Waals surface area contributed by atoms with Crippen molar-refractivity contribution in [2.24, 2.45) is 5.73 Å². The highest BCUT2D eigenvalue weighted by atomic mass is 16.5. The maximum absolute atomic E-state index is 11.4. The first-order valence-electron chi connectivity index (χ1n) is 4.60. The molecule has 0 rings (SSSR count). The molecule has 0 radical (unpaired) electrons. The van der Waals surface area contributed by atoms with E-state index in [2.05, 4.69) is 11.2 Å². The van der Waals surface area contributed by atoms with Crippen molar-refractivity contribution < 1.29 is 9.53 Å². The Morgan fingerprint density at radius 1 is 1.71 bits per heavy atom. The van der Waals surface area contributed by atoms with Crippen LogP contribution < -0.4 is 11.1 Å². The van der Waals surface area contributed by atoms with Crippen molar-refractivity contribution in [2.45, 2.75) is 31.8 Å². The highest BCUT2D eigenvalue weighted by Crippen LogP contribution is 1.93. The zero-order valence-corrected chi connectivity index (χ0v) is 8.75. The molecule has 0 spiro atoms. The minimum atomic E-state index is -0.518. The quantitative estimate of drug-likeness (QED) is 0.585. The number of ether oxygens (including phenoxy) is 1. The second-order valence-corrected chi connectivity index (χ2v) is 3.21. The Morgan fingerprint density at radius 2 is 2.36 bits per heavy atom. The fraction of sp³-hybridized carbons (Fsp3) is 0.700. The van der Waals surface area contributed by atoms with Crippen LogP contribution in [0.2, 0.25) is 0 Å². The molecule has 1 amide bonds. The Morgan fingerprint density at radius 3 is 2.86 bits per heavy atom. The summed E-state index contributed by atoms with van der Waals surface area (Å²) in [6, 6.07) is -0.545. The van der Waals surface area contributed by atoms with Crippen molar-refractivity contribution in [2.75, 3.05) is 13.7 Å². The Kier molecular flexibility index (Phi) is 6.81. The third-order valence-corrected chi connectivity index (χ3v) is 1.78. The highest BCUT2D eigenvalue weighted by Gasteiger charge is 2.14. The Balaban J connectivity index is 3.77. The number of hydrogen-bond donors (Lipinski definition) is 2. The number of terminal acetylenes is 1. The van der Waals surface area contributed by atoms with Gasteiger partial charge in [0, 0.05) is 26.2 Å². The number of nitrogens with two attached hydrogens (primary N) is 1. The molecule has 0 aromatic rings. The zero-order valence-electron chi connectivity index (χ0n) is 8.75. The maximum atomic E-state index is 11.4. The lowest BCUT2D eigenvalue weighted by atomic mass is 10.2. The number of nitrogens with one attached hydrogen (secondary N) is 1. The van der Waals surface area contributed by atoms with E-state index in [1.165, 1.54) is 0 Å². The van der Waals surface area contributed by atoms with E-state index < -0.39 is 6.04 Å². The van der Waals surface area contributed by atoms with Gasteiger partial charge in [0.1, 0.15) is 0 Å². The second kappa shape index (κ2) is 7.36. The van der Waals surface area contributed by atoms with E-state index in [1.807, 2.05) is 6.92 Å². The predicted molar refractivity (Wildman–Crippen MR) is 55.5 cm³/mol. The molecule has 0 aliphatic rings. The van der Waals surface area contributed by atoms with Crippen molar-refractivity contribution in [3.8, 4) is 12.3 Å². The summed E-state index contributed by atoms with van der Waals surface area (Å²) >= 11 is 0. The van der Waals surface area contributed by atoms with Crippen LogP contribution in [0.15, 0.2) is 0 Å². The van der Waals surface area contributed by atoms with Gasteiger partial charge in [-0.25, -0.2) is 0 Å². The summed E-state index contributed by atoms with van der Waals surface area (Å²) in [5, 5.41) is 2.73. The molecule has 3 N–H and O–H groups in total. The lowest BCUT2D eigenvalue weighted by Crippen LogP contribution is -2.44. The number of carbonyl (C=O) groups is 1. The summed E-state index contributed by atoms with van der Waals surface area (Å²) in [6.07, 6.45) is 6.14. The highest BCUT2D eigenvalue weighted by molar-refractivity contribution is 5.81. The molecule has 0 fully saturated rings. The van der Waals surface area contributed by atoms with Crippen LogP contribution in [0.25, 0.3) is 0 Å². The van der Waals surface area contributed by atoms with Crippen LogP contribution in [0.3, 0.4) is 0 Å². The van der Waals surface area contributed by atoms with Crippen LogP contribution in [0.5, 0.6) is 0 Å². The Hall–Kier alpha value is -1.05. The maximum Gasteiger partial charge on any atom is 0.237 e. The van der Waals surface area contributed by atoms with Gasteiger partial charge in [-0.1, -0.05) is 0 Å². The van der Waals surface area contributed by atoms with Gasteiger partial charge in [0.05, 0.1) is 6.04 Å². The molecule has 4 nitrogen and oxygen atoms in total. The predicted octanol–water partition coefficient (Wildman–Crippen LogP) is -0.122. The second-order valence-electron chi connectivity index (χ2n) is 3.21. The third kappa shape index (κ3) is 5.57. The molecule has 0 heterocycles. The SMILES string of the molecule is C#CCC(C)NC(=O)C(N)CCOC. The average molecular weight is 198 g/mol.